The number of rotatable bonds is 4. The highest BCUT2D eigenvalue weighted by molar-refractivity contribution is 5.76. The van der Waals surface area contributed by atoms with Gasteiger partial charge in [0.2, 0.25) is 0 Å². The molecule has 3 rings (SSSR count). The first-order valence-corrected chi connectivity index (χ1v) is 7.87. The number of phenols is 1. The average Bonchev–Trinajstić information content (AvgIpc) is 2.99. The Morgan fingerprint density at radius 1 is 1.32 bits per heavy atom. The quantitative estimate of drug-likeness (QED) is 0.825. The molecule has 3 N–H and O–H groups in total. The molecular weight excluding hydrogens is 339 g/mol. The Morgan fingerprint density at radius 2 is 2.12 bits per heavy atom. The van der Waals surface area contributed by atoms with Gasteiger partial charge in [0.05, 0.1) is 18.2 Å². The van der Waals surface area contributed by atoms with E-state index < -0.39 is 11.7 Å². The van der Waals surface area contributed by atoms with Crippen molar-refractivity contribution >= 4 is 5.82 Å². The Labute approximate surface area is 142 Å². The van der Waals surface area contributed by atoms with Crippen molar-refractivity contribution in [3.05, 3.63) is 30.0 Å². The second-order valence-corrected chi connectivity index (χ2v) is 5.81. The number of aromatic nitrogens is 2. The van der Waals surface area contributed by atoms with Crippen molar-refractivity contribution in [2.45, 2.75) is 31.7 Å². The molecule has 1 aliphatic heterocycles. The minimum absolute atomic E-state index is 0.0418. The summed E-state index contributed by atoms with van der Waals surface area (Å²) in [6.45, 7) is 0.609. The third-order valence-corrected chi connectivity index (χ3v) is 4.05. The van der Waals surface area contributed by atoms with Gasteiger partial charge in [-0.1, -0.05) is 0 Å². The zero-order valence-corrected chi connectivity index (χ0v) is 13.6. The summed E-state index contributed by atoms with van der Waals surface area (Å²) in [4.78, 5) is 4.98. The molecule has 0 aliphatic carbocycles. The number of alkyl halides is 3. The summed E-state index contributed by atoms with van der Waals surface area (Å²) < 4.78 is 46.2. The van der Waals surface area contributed by atoms with Crippen LogP contribution in [0.2, 0.25) is 0 Å². The number of ether oxygens (including phenoxy) is 1. The molecule has 6 nitrogen and oxygen atoms in total. The van der Waals surface area contributed by atoms with Crippen LogP contribution in [0.4, 0.5) is 19.0 Å². The lowest BCUT2D eigenvalue weighted by molar-refractivity contribution is -0.832. The van der Waals surface area contributed by atoms with Crippen LogP contribution in [-0.2, 0) is 15.8 Å². The Balaban J connectivity index is 2.04. The number of nitrogens with zero attached hydrogens (tertiary/aromatic N) is 2. The van der Waals surface area contributed by atoms with E-state index in [0.717, 1.165) is 37.5 Å². The molecular formula is C16H19F3N3O3+. The third kappa shape index (κ3) is 3.78. The van der Waals surface area contributed by atoms with E-state index in [4.69, 9.17) is 9.57 Å². The summed E-state index contributed by atoms with van der Waals surface area (Å²) in [5.74, 6) is 0.0640. The molecule has 0 spiro atoms. The van der Waals surface area contributed by atoms with Crippen molar-refractivity contribution in [1.82, 2.24) is 9.78 Å². The van der Waals surface area contributed by atoms with Crippen molar-refractivity contribution in [2.75, 3.05) is 13.7 Å². The molecule has 2 aromatic rings. The highest BCUT2D eigenvalue weighted by Crippen LogP contribution is 2.38. The summed E-state index contributed by atoms with van der Waals surface area (Å²) in [5.41, 5.74) is 0.874. The van der Waals surface area contributed by atoms with Crippen molar-refractivity contribution in [2.24, 2.45) is 0 Å². The van der Waals surface area contributed by atoms with Crippen molar-refractivity contribution in [3.63, 3.8) is 0 Å². The van der Waals surface area contributed by atoms with Gasteiger partial charge in [0, 0.05) is 18.4 Å². The SMILES string of the molecule is CO[NH2+]c1nn(C2CCCCO2)cc1-c1cc(C(F)(F)F)ccc1O. The van der Waals surface area contributed by atoms with Crippen molar-refractivity contribution in [3.8, 4) is 16.9 Å². The van der Waals surface area contributed by atoms with E-state index in [1.165, 1.54) is 12.6 Å². The first-order chi connectivity index (χ1) is 11.9. The molecule has 9 heteroatoms. The first kappa shape index (κ1) is 17.7. The van der Waals surface area contributed by atoms with Gasteiger partial charge in [-0.25, -0.2) is 9.52 Å². The number of aromatic hydroxyl groups is 1. The second kappa shape index (κ2) is 7.03. The standard InChI is InChI=1S/C16H18F3N3O3/c1-24-21-15-12(9-22(20-15)14-4-2-3-7-25-14)11-8-10(16(17,18)19)5-6-13(11)23/h5-6,8-9,14,23H,2-4,7H2,1H3,(H,20,21)/p+1. The van der Waals surface area contributed by atoms with Crippen LogP contribution in [0, 0.1) is 0 Å². The molecule has 0 amide bonds. The zero-order chi connectivity index (χ0) is 18.0. The van der Waals surface area contributed by atoms with E-state index >= 15 is 0 Å². The molecule has 1 fully saturated rings. The maximum Gasteiger partial charge on any atom is 0.416 e. The first-order valence-electron chi connectivity index (χ1n) is 7.87. The molecule has 1 atom stereocenters. The van der Waals surface area contributed by atoms with E-state index in [1.54, 1.807) is 10.9 Å². The minimum atomic E-state index is -4.50. The number of halogens is 3. The van der Waals surface area contributed by atoms with E-state index in [0.29, 0.717) is 18.0 Å². The monoisotopic (exact) mass is 358 g/mol. The van der Waals surface area contributed by atoms with Gasteiger partial charge in [-0.3, -0.25) is 0 Å². The number of quaternary nitrogens is 1. The molecule has 1 aromatic carbocycles. The van der Waals surface area contributed by atoms with Crippen molar-refractivity contribution in [1.29, 1.82) is 0 Å². The van der Waals surface area contributed by atoms with Crippen LogP contribution in [-0.4, -0.2) is 28.6 Å². The van der Waals surface area contributed by atoms with Gasteiger partial charge in [-0.15, -0.1) is 5.10 Å². The van der Waals surface area contributed by atoms with Crippen LogP contribution in [0.3, 0.4) is 0 Å². The van der Waals surface area contributed by atoms with Crippen molar-refractivity contribution < 1.29 is 33.3 Å². The van der Waals surface area contributed by atoms with E-state index in [1.807, 2.05) is 0 Å². The molecule has 0 bridgehead atoms. The summed E-state index contributed by atoms with van der Waals surface area (Å²) >= 11 is 0. The summed E-state index contributed by atoms with van der Waals surface area (Å²) in [5, 5.41) is 14.4. The smallest absolute Gasteiger partial charge is 0.416 e. The van der Waals surface area contributed by atoms with E-state index in [2.05, 4.69) is 5.10 Å². The number of hydrogen-bond donors (Lipinski definition) is 2. The molecule has 136 valence electrons. The third-order valence-electron chi connectivity index (χ3n) is 4.05. The van der Waals surface area contributed by atoms with Gasteiger partial charge in [0.25, 0.3) is 5.82 Å². The predicted octanol–water partition coefficient (Wildman–Crippen LogP) is 2.73. The topological polar surface area (TPSA) is 73.1 Å². The normalized spacial score (nSPS) is 18.5. The highest BCUT2D eigenvalue weighted by Gasteiger charge is 2.32. The largest absolute Gasteiger partial charge is 0.507 e. The lowest BCUT2D eigenvalue weighted by Gasteiger charge is -2.22. The lowest BCUT2D eigenvalue weighted by Crippen LogP contribution is -2.76. The Morgan fingerprint density at radius 3 is 2.76 bits per heavy atom. The van der Waals surface area contributed by atoms with Crippen LogP contribution in [0.5, 0.6) is 5.75 Å². The van der Waals surface area contributed by atoms with E-state index in [-0.39, 0.29) is 17.5 Å². The summed E-state index contributed by atoms with van der Waals surface area (Å²) in [7, 11) is 1.42. The Bertz CT molecular complexity index is 740. The number of hydrogen-bond acceptors (Lipinski definition) is 4. The minimum Gasteiger partial charge on any atom is -0.507 e. The van der Waals surface area contributed by atoms with Gasteiger partial charge in [-0.05, 0) is 37.5 Å². The molecule has 2 heterocycles. The second-order valence-electron chi connectivity index (χ2n) is 5.81. The van der Waals surface area contributed by atoms with Crippen LogP contribution >= 0.6 is 0 Å². The maximum absolute atomic E-state index is 13.0. The zero-order valence-electron chi connectivity index (χ0n) is 13.6. The molecule has 0 saturated carbocycles. The van der Waals surface area contributed by atoms with Crippen LogP contribution in [0.25, 0.3) is 11.1 Å². The summed E-state index contributed by atoms with van der Waals surface area (Å²) in [6.07, 6.45) is -0.484. The fourth-order valence-corrected chi connectivity index (χ4v) is 2.82. The number of phenolic OH excluding ortho intramolecular Hbond substituents is 1. The fourth-order valence-electron chi connectivity index (χ4n) is 2.82. The van der Waals surface area contributed by atoms with Gasteiger partial charge in [-0.2, -0.15) is 18.7 Å². The molecule has 1 unspecified atom stereocenters. The Kier molecular flexibility index (Phi) is 4.98. The molecule has 1 aromatic heterocycles. The van der Waals surface area contributed by atoms with E-state index in [9.17, 15) is 18.3 Å². The van der Waals surface area contributed by atoms with Crippen LogP contribution in [0.15, 0.2) is 24.4 Å². The van der Waals surface area contributed by atoms with Gasteiger partial charge in [0.15, 0.2) is 0 Å². The van der Waals surface area contributed by atoms with Gasteiger partial charge in [0.1, 0.15) is 12.0 Å². The predicted molar refractivity (Wildman–Crippen MR) is 81.8 cm³/mol. The van der Waals surface area contributed by atoms with Crippen LogP contribution in [0.1, 0.15) is 31.1 Å². The van der Waals surface area contributed by atoms with Gasteiger partial charge < -0.3 is 9.84 Å². The number of benzene rings is 1. The summed E-state index contributed by atoms with van der Waals surface area (Å²) in [6, 6.07) is 2.78. The highest BCUT2D eigenvalue weighted by atomic mass is 19.4. The average molecular weight is 358 g/mol. The van der Waals surface area contributed by atoms with Gasteiger partial charge >= 0.3 is 6.18 Å². The fraction of sp³-hybridized carbons (Fsp3) is 0.438. The lowest BCUT2D eigenvalue weighted by atomic mass is 10.0. The van der Waals surface area contributed by atoms with Crippen LogP contribution < -0.4 is 5.48 Å². The molecule has 25 heavy (non-hydrogen) atoms. The maximum atomic E-state index is 13.0. The Hall–Kier alpha value is -2.10. The number of nitrogens with two attached hydrogens (primary N) is 1. The molecule has 1 saturated heterocycles. The molecule has 1 aliphatic rings. The molecule has 0 radical (unpaired) electrons.